The predicted molar refractivity (Wildman–Crippen MR) is 50.7 cm³/mol. The smallest absolute Gasteiger partial charge is 0.0418 e. The predicted octanol–water partition coefficient (Wildman–Crippen LogP) is 2.10. The van der Waals surface area contributed by atoms with Crippen LogP contribution in [0.15, 0.2) is 28.5 Å². The number of nitrogens with zero attached hydrogens (tertiary/aromatic N) is 1. The van der Waals surface area contributed by atoms with E-state index in [9.17, 15) is 0 Å². The molecule has 0 amide bonds. The molecule has 0 heterocycles. The minimum absolute atomic E-state index is 0.924. The quantitative estimate of drug-likeness (QED) is 0.486. The molecule has 1 N–H and O–H groups in total. The summed E-state index contributed by atoms with van der Waals surface area (Å²) < 4.78 is 0. The van der Waals surface area contributed by atoms with Gasteiger partial charge in [0.1, 0.15) is 0 Å². The Bertz CT molecular complexity index is 200. The fourth-order valence-corrected chi connectivity index (χ4v) is 0.696. The van der Waals surface area contributed by atoms with E-state index in [0.29, 0.717) is 0 Å². The summed E-state index contributed by atoms with van der Waals surface area (Å²) in [5, 5.41) is 2.98. The van der Waals surface area contributed by atoms with Crippen molar-refractivity contribution in [2.45, 2.75) is 20.8 Å². The normalized spacial score (nSPS) is 13.1. The van der Waals surface area contributed by atoms with Crippen molar-refractivity contribution in [2.24, 2.45) is 4.99 Å². The molecule has 0 fully saturated rings. The Labute approximate surface area is 68.7 Å². The maximum Gasteiger partial charge on any atom is 0.0418 e. The van der Waals surface area contributed by atoms with Crippen LogP contribution in [0.4, 0.5) is 0 Å². The zero-order chi connectivity index (χ0) is 8.85. The summed E-state index contributed by atoms with van der Waals surface area (Å²) in [5.74, 6) is 0. The molecule has 0 spiro atoms. The fourth-order valence-electron chi connectivity index (χ4n) is 0.696. The topological polar surface area (TPSA) is 24.4 Å². The molecular weight excluding hydrogens is 136 g/mol. The number of likely N-dealkylation sites (N-methyl/N-ethyl adjacent to an activating group) is 1. The third-order valence-electron chi connectivity index (χ3n) is 1.62. The number of hydrogen-bond acceptors (Lipinski definition) is 2. The molecule has 0 aliphatic rings. The number of allylic oxidation sites excluding steroid dienone is 2. The Balaban J connectivity index is 4.51. The van der Waals surface area contributed by atoms with Crippen LogP contribution >= 0.6 is 0 Å². The lowest BCUT2D eigenvalue weighted by molar-refractivity contribution is 0.989. The fraction of sp³-hybridized carbons (Fsp3) is 0.444. The van der Waals surface area contributed by atoms with E-state index >= 15 is 0 Å². The van der Waals surface area contributed by atoms with Gasteiger partial charge >= 0.3 is 0 Å². The largest absolute Gasteiger partial charge is 0.388 e. The highest BCUT2D eigenvalue weighted by molar-refractivity contribution is 5.55. The van der Waals surface area contributed by atoms with Crippen molar-refractivity contribution in [3.05, 3.63) is 23.5 Å². The summed E-state index contributed by atoms with van der Waals surface area (Å²) in [4.78, 5) is 4.15. The summed E-state index contributed by atoms with van der Waals surface area (Å²) in [6.07, 6.45) is 1.78. The second kappa shape index (κ2) is 4.72. The van der Waals surface area contributed by atoms with Crippen LogP contribution in [0.3, 0.4) is 0 Å². The lowest BCUT2D eigenvalue weighted by Crippen LogP contribution is -2.05. The molecule has 0 aliphatic carbocycles. The summed E-state index contributed by atoms with van der Waals surface area (Å²) >= 11 is 0. The van der Waals surface area contributed by atoms with Gasteiger partial charge in [0.25, 0.3) is 0 Å². The van der Waals surface area contributed by atoms with Gasteiger partial charge in [-0.3, -0.25) is 4.99 Å². The van der Waals surface area contributed by atoms with Crippen molar-refractivity contribution in [1.82, 2.24) is 5.32 Å². The lowest BCUT2D eigenvalue weighted by Gasteiger charge is -2.05. The van der Waals surface area contributed by atoms with E-state index in [1.807, 2.05) is 27.8 Å². The molecule has 0 saturated carbocycles. The van der Waals surface area contributed by atoms with Gasteiger partial charge in [-0.1, -0.05) is 6.58 Å². The van der Waals surface area contributed by atoms with E-state index < -0.39 is 0 Å². The van der Waals surface area contributed by atoms with Crippen LogP contribution in [0.5, 0.6) is 0 Å². The van der Waals surface area contributed by atoms with Gasteiger partial charge in [0.05, 0.1) is 0 Å². The van der Waals surface area contributed by atoms with Gasteiger partial charge in [-0.25, -0.2) is 0 Å². The van der Waals surface area contributed by atoms with Gasteiger partial charge in [0.15, 0.2) is 0 Å². The van der Waals surface area contributed by atoms with Crippen LogP contribution < -0.4 is 5.32 Å². The van der Waals surface area contributed by atoms with Gasteiger partial charge in [-0.15, -0.1) is 0 Å². The van der Waals surface area contributed by atoms with Gasteiger partial charge in [0, 0.05) is 24.7 Å². The van der Waals surface area contributed by atoms with Crippen molar-refractivity contribution in [3.63, 3.8) is 0 Å². The molecule has 0 saturated heterocycles. The third kappa shape index (κ3) is 3.03. The summed E-state index contributed by atoms with van der Waals surface area (Å²) in [6, 6.07) is 0. The van der Waals surface area contributed by atoms with Gasteiger partial charge < -0.3 is 5.32 Å². The first-order chi connectivity index (χ1) is 5.13. The Morgan fingerprint density at radius 1 is 1.45 bits per heavy atom. The molecule has 2 nitrogen and oxygen atoms in total. The first-order valence-corrected chi connectivity index (χ1v) is 3.66. The summed E-state index contributed by atoms with van der Waals surface area (Å²) in [7, 11) is 1.86. The summed E-state index contributed by atoms with van der Waals surface area (Å²) in [6.45, 7) is 9.71. The van der Waals surface area contributed by atoms with Crippen molar-refractivity contribution in [3.8, 4) is 0 Å². The van der Waals surface area contributed by atoms with Crippen molar-refractivity contribution >= 4 is 6.21 Å². The number of aliphatic imine (C=N–C) groups is 1. The molecule has 0 aliphatic heterocycles. The zero-order valence-electron chi connectivity index (χ0n) is 7.73. The molecule has 11 heavy (non-hydrogen) atoms. The molecule has 0 radical (unpaired) electrons. The van der Waals surface area contributed by atoms with Crippen molar-refractivity contribution in [2.75, 3.05) is 7.05 Å². The van der Waals surface area contributed by atoms with E-state index in [1.165, 1.54) is 0 Å². The van der Waals surface area contributed by atoms with Gasteiger partial charge in [0.2, 0.25) is 0 Å². The van der Waals surface area contributed by atoms with Gasteiger partial charge in [-0.05, 0) is 26.3 Å². The molecule has 0 unspecified atom stereocenters. The summed E-state index contributed by atoms with van der Waals surface area (Å²) in [5.41, 5.74) is 3.03. The number of nitrogens with one attached hydrogen (secondary N) is 1. The molecule has 0 rings (SSSR count). The van der Waals surface area contributed by atoms with Crippen molar-refractivity contribution in [1.29, 1.82) is 0 Å². The van der Waals surface area contributed by atoms with E-state index in [2.05, 4.69) is 16.9 Å². The molecular formula is C9H16N2. The maximum absolute atomic E-state index is 4.15. The SMILES string of the molecule is C=C(NC)/C(C)=C(C)\N=C/C. The molecule has 0 aromatic rings. The highest BCUT2D eigenvalue weighted by Gasteiger charge is 1.96. The molecule has 0 aromatic heterocycles. The van der Waals surface area contributed by atoms with Crippen LogP contribution in [-0.4, -0.2) is 13.3 Å². The maximum atomic E-state index is 4.15. The second-order valence-corrected chi connectivity index (χ2v) is 2.33. The third-order valence-corrected chi connectivity index (χ3v) is 1.62. The minimum Gasteiger partial charge on any atom is -0.388 e. The van der Waals surface area contributed by atoms with Crippen LogP contribution in [0, 0.1) is 0 Å². The van der Waals surface area contributed by atoms with E-state index in [1.54, 1.807) is 6.21 Å². The zero-order valence-corrected chi connectivity index (χ0v) is 7.73. The monoisotopic (exact) mass is 152 g/mol. The van der Waals surface area contributed by atoms with E-state index in [-0.39, 0.29) is 0 Å². The van der Waals surface area contributed by atoms with Gasteiger partial charge in [-0.2, -0.15) is 0 Å². The van der Waals surface area contributed by atoms with Crippen LogP contribution in [0.2, 0.25) is 0 Å². The number of rotatable bonds is 3. The van der Waals surface area contributed by atoms with Crippen LogP contribution in [0.25, 0.3) is 0 Å². The number of hydrogen-bond donors (Lipinski definition) is 1. The Hall–Kier alpha value is -1.05. The minimum atomic E-state index is 0.924. The Morgan fingerprint density at radius 2 is 2.00 bits per heavy atom. The van der Waals surface area contributed by atoms with Crippen LogP contribution in [-0.2, 0) is 0 Å². The van der Waals surface area contributed by atoms with Crippen molar-refractivity contribution < 1.29 is 0 Å². The first kappa shape index (κ1) is 9.95. The molecule has 2 heteroatoms. The van der Waals surface area contributed by atoms with E-state index in [4.69, 9.17) is 0 Å². The average molecular weight is 152 g/mol. The molecule has 0 bridgehead atoms. The second-order valence-electron chi connectivity index (χ2n) is 2.33. The first-order valence-electron chi connectivity index (χ1n) is 3.66. The van der Waals surface area contributed by atoms with E-state index in [0.717, 1.165) is 17.0 Å². The highest BCUT2D eigenvalue weighted by atomic mass is 14.8. The standard InChI is InChI=1S/C9H16N2/c1-6-11-9(4)7(2)8(3)10-5/h6,10H,3H2,1-2,4-5H3/b9-7-,11-6-. The molecule has 0 atom stereocenters. The van der Waals surface area contributed by atoms with Crippen LogP contribution in [0.1, 0.15) is 20.8 Å². The highest BCUT2D eigenvalue weighted by Crippen LogP contribution is 2.09. The Morgan fingerprint density at radius 3 is 2.36 bits per heavy atom. The Kier molecular flexibility index (Phi) is 4.27. The average Bonchev–Trinajstić information content (AvgIpc) is 2.02. The molecule has 0 aromatic carbocycles. The molecule has 62 valence electrons. The lowest BCUT2D eigenvalue weighted by atomic mass is 10.2.